The van der Waals surface area contributed by atoms with E-state index in [4.69, 9.17) is 4.74 Å². The van der Waals surface area contributed by atoms with Gasteiger partial charge >= 0.3 is 0 Å². The molecule has 1 N–H and O–H groups in total. The van der Waals surface area contributed by atoms with Gasteiger partial charge in [0.25, 0.3) is 5.91 Å². The molecule has 0 aliphatic carbocycles. The third-order valence-electron chi connectivity index (χ3n) is 4.07. The van der Waals surface area contributed by atoms with Crippen LogP contribution in [0.5, 0.6) is 0 Å². The number of fused-ring (bicyclic) bond motifs is 1. The van der Waals surface area contributed by atoms with Gasteiger partial charge in [-0.3, -0.25) is 4.79 Å². The highest BCUT2D eigenvalue weighted by Crippen LogP contribution is 2.18. The number of pyridine rings is 1. The van der Waals surface area contributed by atoms with Gasteiger partial charge in [-0.05, 0) is 39.7 Å². The molecule has 2 aromatic rings. The number of aromatic nitrogens is 3. The smallest absolute Gasteiger partial charge is 0.253 e. The Morgan fingerprint density at radius 3 is 2.91 bits per heavy atom. The molecule has 118 valence electrons. The van der Waals surface area contributed by atoms with Crippen molar-refractivity contribution in [3.8, 4) is 0 Å². The molecule has 3 heterocycles. The van der Waals surface area contributed by atoms with Crippen molar-refractivity contribution in [1.82, 2.24) is 20.1 Å². The quantitative estimate of drug-likeness (QED) is 0.941. The molecule has 0 unspecified atom stereocenters. The number of carbonyl (C=O) groups excluding carboxylic acids is 1. The van der Waals surface area contributed by atoms with Crippen molar-refractivity contribution in [3.05, 3.63) is 24.0 Å². The minimum Gasteiger partial charge on any atom is -0.376 e. The molecule has 1 aliphatic rings. The number of hydrogen-bond donors (Lipinski definition) is 1. The van der Waals surface area contributed by atoms with Crippen LogP contribution in [0.1, 0.15) is 50.0 Å². The van der Waals surface area contributed by atoms with E-state index in [0.717, 1.165) is 30.5 Å². The molecule has 1 fully saturated rings. The van der Waals surface area contributed by atoms with Gasteiger partial charge in [0.2, 0.25) is 0 Å². The van der Waals surface area contributed by atoms with Crippen LogP contribution in [0, 0.1) is 0 Å². The Bertz CT molecular complexity index is 674. The lowest BCUT2D eigenvalue weighted by atomic mass is 10.1. The summed E-state index contributed by atoms with van der Waals surface area (Å²) in [7, 11) is 0. The van der Waals surface area contributed by atoms with Crippen molar-refractivity contribution in [2.45, 2.75) is 51.8 Å². The molecular formula is C16H22N4O2. The lowest BCUT2D eigenvalue weighted by Crippen LogP contribution is -2.40. The molecule has 3 rings (SSSR count). The first kappa shape index (κ1) is 15.0. The highest BCUT2D eigenvalue weighted by Gasteiger charge is 2.24. The molecule has 6 nitrogen and oxygen atoms in total. The molecule has 2 aromatic heterocycles. The number of nitrogens with zero attached hydrogens (tertiary/aromatic N) is 3. The molecule has 6 heteroatoms. The van der Waals surface area contributed by atoms with Crippen LogP contribution in [0.25, 0.3) is 11.0 Å². The van der Waals surface area contributed by atoms with Crippen LogP contribution in [-0.2, 0) is 4.74 Å². The van der Waals surface area contributed by atoms with E-state index >= 15 is 0 Å². The molecule has 1 amide bonds. The Hall–Kier alpha value is -1.95. The molecule has 2 atom stereocenters. The zero-order valence-electron chi connectivity index (χ0n) is 13.2. The predicted octanol–water partition coefficient (Wildman–Crippen LogP) is 2.31. The monoisotopic (exact) mass is 302 g/mol. The van der Waals surface area contributed by atoms with Gasteiger partial charge < -0.3 is 10.1 Å². The highest BCUT2D eigenvalue weighted by atomic mass is 16.5. The van der Waals surface area contributed by atoms with Crippen LogP contribution < -0.4 is 5.32 Å². The van der Waals surface area contributed by atoms with Gasteiger partial charge in [-0.25, -0.2) is 9.67 Å². The SMILES string of the molecule is CC(C)n1ncc2cc(C(=O)N[C@H](C)[C@H]3CCCO3)cnc21. The fraction of sp³-hybridized carbons (Fsp3) is 0.562. The van der Waals surface area contributed by atoms with Crippen molar-refractivity contribution in [3.63, 3.8) is 0 Å². The fourth-order valence-corrected chi connectivity index (χ4v) is 2.82. The van der Waals surface area contributed by atoms with Gasteiger partial charge in [0.1, 0.15) is 0 Å². The summed E-state index contributed by atoms with van der Waals surface area (Å²) in [6.45, 7) is 6.87. The van der Waals surface area contributed by atoms with Crippen LogP contribution in [-0.4, -0.2) is 39.4 Å². The van der Waals surface area contributed by atoms with Gasteiger partial charge in [-0.15, -0.1) is 0 Å². The maximum atomic E-state index is 12.4. The number of rotatable bonds is 4. The molecule has 0 saturated carbocycles. The average Bonchev–Trinajstić information content (AvgIpc) is 3.15. The second-order valence-electron chi connectivity index (χ2n) is 6.13. The lowest BCUT2D eigenvalue weighted by Gasteiger charge is -2.19. The normalized spacial score (nSPS) is 19.7. The van der Waals surface area contributed by atoms with Crippen molar-refractivity contribution in [2.24, 2.45) is 0 Å². The molecule has 0 radical (unpaired) electrons. The van der Waals surface area contributed by atoms with Crippen LogP contribution in [0.2, 0.25) is 0 Å². The van der Waals surface area contributed by atoms with E-state index in [0.29, 0.717) is 5.56 Å². The topological polar surface area (TPSA) is 69.0 Å². The summed E-state index contributed by atoms with van der Waals surface area (Å²) < 4.78 is 7.46. The molecule has 0 spiro atoms. The lowest BCUT2D eigenvalue weighted by molar-refractivity contribution is 0.0712. The maximum absolute atomic E-state index is 12.4. The first-order valence-corrected chi connectivity index (χ1v) is 7.82. The first-order valence-electron chi connectivity index (χ1n) is 7.82. The number of ether oxygens (including phenoxy) is 1. The molecule has 1 saturated heterocycles. The standard InChI is InChI=1S/C16H22N4O2/c1-10(2)20-15-12(9-18-20)7-13(8-17-15)16(21)19-11(3)14-5-4-6-22-14/h7-11,14H,4-6H2,1-3H3,(H,19,21)/t11-,14-/m1/s1. The van der Waals surface area contributed by atoms with E-state index in [-0.39, 0.29) is 24.1 Å². The third-order valence-corrected chi connectivity index (χ3v) is 4.07. The zero-order valence-corrected chi connectivity index (χ0v) is 13.2. The van der Waals surface area contributed by atoms with E-state index in [1.807, 2.05) is 17.7 Å². The van der Waals surface area contributed by atoms with Crippen molar-refractivity contribution >= 4 is 16.9 Å². The Balaban J connectivity index is 1.76. The van der Waals surface area contributed by atoms with Gasteiger partial charge in [-0.2, -0.15) is 5.10 Å². The highest BCUT2D eigenvalue weighted by molar-refractivity contribution is 5.97. The Labute approximate surface area is 129 Å². The van der Waals surface area contributed by atoms with Gasteiger partial charge in [-0.1, -0.05) is 0 Å². The zero-order chi connectivity index (χ0) is 15.7. The van der Waals surface area contributed by atoms with Crippen LogP contribution in [0.3, 0.4) is 0 Å². The first-order chi connectivity index (χ1) is 10.6. The third kappa shape index (κ3) is 2.83. The minimum absolute atomic E-state index is 0.00378. The van der Waals surface area contributed by atoms with Crippen molar-refractivity contribution in [2.75, 3.05) is 6.61 Å². The average molecular weight is 302 g/mol. The second-order valence-corrected chi connectivity index (χ2v) is 6.13. The minimum atomic E-state index is -0.116. The summed E-state index contributed by atoms with van der Waals surface area (Å²) >= 11 is 0. The van der Waals surface area contributed by atoms with Crippen LogP contribution in [0.4, 0.5) is 0 Å². The van der Waals surface area contributed by atoms with E-state index in [9.17, 15) is 4.79 Å². The van der Waals surface area contributed by atoms with Gasteiger partial charge in [0.15, 0.2) is 5.65 Å². The molecule has 0 aromatic carbocycles. The van der Waals surface area contributed by atoms with Crippen LogP contribution >= 0.6 is 0 Å². The number of nitrogens with one attached hydrogen (secondary N) is 1. The molecule has 1 aliphatic heterocycles. The number of hydrogen-bond acceptors (Lipinski definition) is 4. The number of amides is 1. The summed E-state index contributed by atoms with van der Waals surface area (Å²) in [6.07, 6.45) is 5.54. The van der Waals surface area contributed by atoms with Crippen molar-refractivity contribution in [1.29, 1.82) is 0 Å². The summed E-state index contributed by atoms with van der Waals surface area (Å²) in [4.78, 5) is 16.8. The van der Waals surface area contributed by atoms with E-state index < -0.39 is 0 Å². The van der Waals surface area contributed by atoms with Gasteiger partial charge in [0.05, 0.1) is 23.9 Å². The van der Waals surface area contributed by atoms with Crippen LogP contribution in [0.15, 0.2) is 18.5 Å². The largest absolute Gasteiger partial charge is 0.376 e. The Kier molecular flexibility index (Phi) is 4.11. The van der Waals surface area contributed by atoms with E-state index in [1.165, 1.54) is 0 Å². The van der Waals surface area contributed by atoms with Crippen molar-refractivity contribution < 1.29 is 9.53 Å². The van der Waals surface area contributed by atoms with E-state index in [1.54, 1.807) is 12.4 Å². The number of carbonyl (C=O) groups is 1. The molecule has 0 bridgehead atoms. The molecular weight excluding hydrogens is 280 g/mol. The Morgan fingerprint density at radius 1 is 1.41 bits per heavy atom. The summed E-state index contributed by atoms with van der Waals surface area (Å²) in [5.74, 6) is -0.116. The maximum Gasteiger partial charge on any atom is 0.253 e. The summed E-state index contributed by atoms with van der Waals surface area (Å²) in [5.41, 5.74) is 1.36. The van der Waals surface area contributed by atoms with E-state index in [2.05, 4.69) is 29.2 Å². The molecule has 22 heavy (non-hydrogen) atoms. The summed E-state index contributed by atoms with van der Waals surface area (Å²) in [6, 6.07) is 2.08. The fourth-order valence-electron chi connectivity index (χ4n) is 2.82. The summed E-state index contributed by atoms with van der Waals surface area (Å²) in [5, 5.41) is 8.20. The predicted molar refractivity (Wildman–Crippen MR) is 83.8 cm³/mol. The van der Waals surface area contributed by atoms with Gasteiger partial charge in [0, 0.05) is 24.2 Å². The Morgan fingerprint density at radius 2 is 2.23 bits per heavy atom. The second kappa shape index (κ2) is 6.04.